The van der Waals surface area contributed by atoms with Crippen LogP contribution in [0.5, 0.6) is 0 Å². The monoisotopic (exact) mass is 252 g/mol. The zero-order chi connectivity index (χ0) is 13.4. The average molecular weight is 252 g/mol. The molecule has 0 fully saturated rings. The summed E-state index contributed by atoms with van der Waals surface area (Å²) in [6.45, 7) is 1.90. The van der Waals surface area contributed by atoms with Crippen LogP contribution in [-0.4, -0.2) is 9.78 Å². The van der Waals surface area contributed by atoms with E-state index in [1.54, 1.807) is 30.3 Å². The summed E-state index contributed by atoms with van der Waals surface area (Å²) >= 11 is 0. The van der Waals surface area contributed by atoms with Crippen LogP contribution in [0.4, 0.5) is 0 Å². The number of hydrogen-bond donors (Lipinski definition) is 1. The number of nitrogens with one attached hydrogen (secondary N) is 1. The smallest absolute Gasteiger partial charge is 0.267 e. The van der Waals surface area contributed by atoms with Gasteiger partial charge in [-0.3, -0.25) is 14.7 Å². The van der Waals surface area contributed by atoms with E-state index in [4.69, 9.17) is 0 Å². The van der Waals surface area contributed by atoms with Crippen molar-refractivity contribution in [2.45, 2.75) is 6.92 Å². The van der Waals surface area contributed by atoms with Crippen molar-refractivity contribution >= 4 is 10.8 Å². The van der Waals surface area contributed by atoms with Crippen molar-refractivity contribution in [3.63, 3.8) is 0 Å². The lowest BCUT2D eigenvalue weighted by Gasteiger charge is -2.09. The zero-order valence-electron chi connectivity index (χ0n) is 10.4. The molecule has 1 N–H and O–H groups in total. The number of fused-ring (bicyclic) bond motifs is 1. The first-order valence-electron chi connectivity index (χ1n) is 5.98. The molecule has 0 aliphatic heterocycles. The summed E-state index contributed by atoms with van der Waals surface area (Å²) in [6, 6.07) is 14.3. The largest absolute Gasteiger partial charge is 0.277 e. The molecule has 0 atom stereocenters. The number of aromatic amines is 1. The van der Waals surface area contributed by atoms with Crippen LogP contribution in [0.1, 0.15) is 5.56 Å². The molecule has 3 aromatic rings. The van der Waals surface area contributed by atoms with E-state index in [9.17, 15) is 9.59 Å². The first-order valence-corrected chi connectivity index (χ1v) is 5.98. The van der Waals surface area contributed by atoms with E-state index in [1.807, 2.05) is 25.1 Å². The highest BCUT2D eigenvalue weighted by Gasteiger charge is 2.09. The number of para-hydroxylation sites is 1. The summed E-state index contributed by atoms with van der Waals surface area (Å²) in [6.07, 6.45) is 0. The molecule has 19 heavy (non-hydrogen) atoms. The number of rotatable bonds is 1. The molecule has 0 saturated heterocycles. The summed E-state index contributed by atoms with van der Waals surface area (Å²) < 4.78 is 1.31. The van der Waals surface area contributed by atoms with Crippen LogP contribution < -0.4 is 11.1 Å². The Hall–Kier alpha value is -2.62. The highest BCUT2D eigenvalue weighted by Crippen LogP contribution is 2.11. The molecule has 1 heterocycles. The van der Waals surface area contributed by atoms with Gasteiger partial charge in [0, 0.05) is 0 Å². The maximum atomic E-state index is 12.4. The third kappa shape index (κ3) is 1.78. The van der Waals surface area contributed by atoms with Gasteiger partial charge < -0.3 is 0 Å². The summed E-state index contributed by atoms with van der Waals surface area (Å²) in [7, 11) is 0. The SMILES string of the molecule is Cc1ccccc1-n1[nH]c(=O)c2ccccc2c1=O. The highest BCUT2D eigenvalue weighted by atomic mass is 16.2. The fourth-order valence-corrected chi connectivity index (χ4v) is 2.18. The van der Waals surface area contributed by atoms with E-state index >= 15 is 0 Å². The molecule has 0 radical (unpaired) electrons. The second-order valence-electron chi connectivity index (χ2n) is 4.41. The van der Waals surface area contributed by atoms with E-state index in [0.717, 1.165) is 5.56 Å². The quantitative estimate of drug-likeness (QED) is 0.720. The number of nitrogens with zero attached hydrogens (tertiary/aromatic N) is 1. The number of hydrogen-bond acceptors (Lipinski definition) is 2. The van der Waals surface area contributed by atoms with Crippen LogP contribution in [0, 0.1) is 6.92 Å². The number of aromatic nitrogens is 2. The van der Waals surface area contributed by atoms with Crippen LogP contribution in [-0.2, 0) is 0 Å². The van der Waals surface area contributed by atoms with Gasteiger partial charge >= 0.3 is 0 Å². The second-order valence-corrected chi connectivity index (χ2v) is 4.41. The van der Waals surface area contributed by atoms with Gasteiger partial charge in [0.05, 0.1) is 16.5 Å². The lowest BCUT2D eigenvalue weighted by atomic mass is 10.2. The van der Waals surface area contributed by atoms with Gasteiger partial charge in [-0.2, -0.15) is 0 Å². The van der Waals surface area contributed by atoms with E-state index < -0.39 is 0 Å². The Morgan fingerprint density at radius 1 is 0.895 bits per heavy atom. The summed E-state index contributed by atoms with van der Waals surface area (Å²) in [5.41, 5.74) is 1.13. The van der Waals surface area contributed by atoms with Crippen LogP contribution in [0.25, 0.3) is 16.5 Å². The van der Waals surface area contributed by atoms with E-state index in [2.05, 4.69) is 5.10 Å². The minimum Gasteiger partial charge on any atom is -0.267 e. The van der Waals surface area contributed by atoms with Crippen LogP contribution in [0.2, 0.25) is 0 Å². The molecular weight excluding hydrogens is 240 g/mol. The third-order valence-corrected chi connectivity index (χ3v) is 3.17. The van der Waals surface area contributed by atoms with E-state index in [1.165, 1.54) is 4.68 Å². The molecule has 3 rings (SSSR count). The van der Waals surface area contributed by atoms with Crippen molar-refractivity contribution in [1.82, 2.24) is 9.78 Å². The van der Waals surface area contributed by atoms with Crippen molar-refractivity contribution in [2.24, 2.45) is 0 Å². The molecule has 0 amide bonds. The lowest BCUT2D eigenvalue weighted by Crippen LogP contribution is -2.28. The fraction of sp³-hybridized carbons (Fsp3) is 0.0667. The summed E-state index contributed by atoms with van der Waals surface area (Å²) in [4.78, 5) is 24.4. The highest BCUT2D eigenvalue weighted by molar-refractivity contribution is 5.80. The zero-order valence-corrected chi connectivity index (χ0v) is 10.4. The van der Waals surface area contributed by atoms with Crippen molar-refractivity contribution < 1.29 is 0 Å². The fourth-order valence-electron chi connectivity index (χ4n) is 2.18. The summed E-state index contributed by atoms with van der Waals surface area (Å²) in [5, 5.41) is 3.46. The molecule has 2 aromatic carbocycles. The second kappa shape index (κ2) is 4.24. The van der Waals surface area contributed by atoms with Gasteiger partial charge in [0.1, 0.15) is 0 Å². The Labute approximate surface area is 108 Å². The van der Waals surface area contributed by atoms with Crippen molar-refractivity contribution in [3.8, 4) is 5.69 Å². The van der Waals surface area contributed by atoms with E-state index in [0.29, 0.717) is 16.5 Å². The topological polar surface area (TPSA) is 54.9 Å². The van der Waals surface area contributed by atoms with Gasteiger partial charge in [-0.05, 0) is 30.7 Å². The molecule has 4 heteroatoms. The first kappa shape index (κ1) is 11.5. The molecule has 4 nitrogen and oxygen atoms in total. The number of aryl methyl sites for hydroxylation is 1. The molecular formula is C15H12N2O2. The number of H-pyrrole nitrogens is 1. The standard InChI is InChI=1S/C15H12N2O2/c1-10-6-2-5-9-13(10)17-15(19)12-8-4-3-7-11(12)14(18)16-17/h2-9H,1H3,(H,16,18). The normalized spacial score (nSPS) is 10.8. The van der Waals surface area contributed by atoms with Crippen molar-refractivity contribution in [3.05, 3.63) is 74.8 Å². The Kier molecular flexibility index (Phi) is 2.56. The van der Waals surface area contributed by atoms with Gasteiger partial charge in [0.25, 0.3) is 11.1 Å². The molecule has 0 bridgehead atoms. The molecule has 0 unspecified atom stereocenters. The third-order valence-electron chi connectivity index (χ3n) is 3.17. The van der Waals surface area contributed by atoms with Gasteiger partial charge in [-0.15, -0.1) is 0 Å². The minimum absolute atomic E-state index is 0.218. The maximum absolute atomic E-state index is 12.4. The first-order chi connectivity index (χ1) is 9.18. The average Bonchev–Trinajstić information content (AvgIpc) is 2.44. The van der Waals surface area contributed by atoms with Crippen molar-refractivity contribution in [2.75, 3.05) is 0 Å². The van der Waals surface area contributed by atoms with Gasteiger partial charge in [-0.1, -0.05) is 30.3 Å². The van der Waals surface area contributed by atoms with Gasteiger partial charge in [0.15, 0.2) is 0 Å². The maximum Gasteiger partial charge on any atom is 0.277 e. The Bertz CT molecular complexity index is 875. The molecule has 1 aromatic heterocycles. The molecule has 0 aliphatic carbocycles. The van der Waals surface area contributed by atoms with Gasteiger partial charge in [0.2, 0.25) is 0 Å². The molecule has 0 aliphatic rings. The number of benzene rings is 2. The van der Waals surface area contributed by atoms with Crippen LogP contribution >= 0.6 is 0 Å². The van der Waals surface area contributed by atoms with Gasteiger partial charge in [-0.25, -0.2) is 4.68 Å². The Balaban J connectivity index is 2.45. The summed E-state index contributed by atoms with van der Waals surface area (Å²) in [5.74, 6) is 0. The predicted octanol–water partition coefficient (Wildman–Crippen LogP) is 1.99. The molecule has 94 valence electrons. The Morgan fingerprint density at radius 2 is 1.53 bits per heavy atom. The van der Waals surface area contributed by atoms with E-state index in [-0.39, 0.29) is 11.1 Å². The molecule has 0 spiro atoms. The minimum atomic E-state index is -0.265. The Morgan fingerprint density at radius 3 is 2.26 bits per heavy atom. The van der Waals surface area contributed by atoms with Crippen LogP contribution in [0.15, 0.2) is 58.1 Å². The van der Waals surface area contributed by atoms with Crippen molar-refractivity contribution in [1.29, 1.82) is 0 Å². The lowest BCUT2D eigenvalue weighted by molar-refractivity contribution is 0.796. The van der Waals surface area contributed by atoms with Crippen LogP contribution in [0.3, 0.4) is 0 Å². The molecule has 0 saturated carbocycles. The predicted molar refractivity (Wildman–Crippen MR) is 74.9 cm³/mol.